The Kier molecular flexibility index (Phi) is 7.34. The molecule has 6 rings (SSSR count). The van der Waals surface area contributed by atoms with E-state index in [1.807, 2.05) is 91.0 Å². The number of rotatable bonds is 9. The highest BCUT2D eigenvalue weighted by Crippen LogP contribution is 2.75. The van der Waals surface area contributed by atoms with Gasteiger partial charge in [-0.05, 0) is 35.7 Å². The normalized spacial score (nSPS) is 31.3. The number of esters is 3. The second-order valence-corrected chi connectivity index (χ2v) is 11.6. The van der Waals surface area contributed by atoms with Crippen molar-refractivity contribution in [3.63, 3.8) is 0 Å². The lowest BCUT2D eigenvalue weighted by Crippen LogP contribution is -2.70. The van der Waals surface area contributed by atoms with Crippen molar-refractivity contribution in [1.29, 1.82) is 0 Å². The number of benzene rings is 3. The molecule has 3 aromatic carbocycles. The van der Waals surface area contributed by atoms with Crippen LogP contribution in [0.1, 0.15) is 29.7 Å². The first kappa shape index (κ1) is 29.6. The monoisotopic (exact) mass is 597 g/mol. The molecule has 6 atom stereocenters. The summed E-state index contributed by atoms with van der Waals surface area (Å²) in [6, 6.07) is 25.7. The quantitative estimate of drug-likeness (QED) is 0.221. The van der Waals surface area contributed by atoms with Crippen LogP contribution >= 0.6 is 0 Å². The van der Waals surface area contributed by atoms with E-state index >= 15 is 0 Å². The predicted octanol–water partition coefficient (Wildman–Crippen LogP) is 4.11. The fraction of sp³-hybridized carbons (Fsp3) is 0.343. The Morgan fingerprint density at radius 1 is 0.750 bits per heavy atom. The molecule has 1 N–H and O–H groups in total. The minimum absolute atomic E-state index is 0.190. The topological polar surface area (TPSA) is 109 Å². The molecule has 3 heterocycles. The van der Waals surface area contributed by atoms with Gasteiger partial charge in [-0.1, -0.05) is 84.9 Å². The van der Waals surface area contributed by atoms with Crippen LogP contribution in [0.2, 0.25) is 0 Å². The van der Waals surface area contributed by atoms with Crippen LogP contribution in [-0.2, 0) is 46.4 Å². The predicted molar refractivity (Wildman–Crippen MR) is 159 cm³/mol. The van der Waals surface area contributed by atoms with Gasteiger partial charge in [0.25, 0.3) is 0 Å². The average molecular weight is 598 g/mol. The SMILES string of the molecule is COC(=O)[C@@]12[C@@H](c3ccccc3)N[C@@](C)(C(=O)OC)[C@]1(C(=O)OC)[C@H]1C=C[C@]2(Cc2ccc(OCc3ccccc3)cc2)O1. The van der Waals surface area contributed by atoms with E-state index in [2.05, 4.69) is 5.32 Å². The minimum atomic E-state index is -1.89. The molecule has 0 saturated carbocycles. The maximum Gasteiger partial charge on any atom is 0.327 e. The smallest absolute Gasteiger partial charge is 0.327 e. The highest BCUT2D eigenvalue weighted by atomic mass is 16.6. The maximum absolute atomic E-state index is 14.5. The molecule has 3 aromatic rings. The Labute approximate surface area is 256 Å². The first-order valence-corrected chi connectivity index (χ1v) is 14.4. The van der Waals surface area contributed by atoms with E-state index in [1.165, 1.54) is 21.3 Å². The van der Waals surface area contributed by atoms with Crippen molar-refractivity contribution < 1.29 is 38.1 Å². The summed E-state index contributed by atoms with van der Waals surface area (Å²) in [5, 5.41) is 3.39. The second kappa shape index (κ2) is 10.9. The molecular weight excluding hydrogens is 562 g/mol. The zero-order valence-corrected chi connectivity index (χ0v) is 25.1. The number of nitrogens with one attached hydrogen (secondary N) is 1. The number of hydrogen-bond donors (Lipinski definition) is 1. The number of fused-ring (bicyclic) bond motifs is 5. The number of carbonyl (C=O) groups excluding carboxylic acids is 3. The van der Waals surface area contributed by atoms with Crippen molar-refractivity contribution in [2.45, 2.75) is 43.2 Å². The summed E-state index contributed by atoms with van der Waals surface area (Å²) in [6.45, 7) is 1.99. The van der Waals surface area contributed by atoms with E-state index in [1.54, 1.807) is 13.0 Å². The molecule has 3 aliphatic heterocycles. The Morgan fingerprint density at radius 3 is 1.95 bits per heavy atom. The van der Waals surface area contributed by atoms with E-state index in [0.29, 0.717) is 17.9 Å². The summed E-state index contributed by atoms with van der Waals surface area (Å²) >= 11 is 0. The minimum Gasteiger partial charge on any atom is -0.489 e. The van der Waals surface area contributed by atoms with Crippen molar-refractivity contribution in [3.05, 3.63) is 114 Å². The zero-order chi connectivity index (χ0) is 31.2. The number of ether oxygens (including phenoxy) is 5. The van der Waals surface area contributed by atoms with Gasteiger partial charge in [-0.3, -0.25) is 19.7 Å². The van der Waals surface area contributed by atoms with Crippen molar-refractivity contribution >= 4 is 17.9 Å². The fourth-order valence-corrected chi connectivity index (χ4v) is 7.87. The van der Waals surface area contributed by atoms with Gasteiger partial charge in [-0.25, -0.2) is 0 Å². The molecule has 0 aromatic heterocycles. The zero-order valence-electron chi connectivity index (χ0n) is 25.1. The maximum atomic E-state index is 14.5. The lowest BCUT2D eigenvalue weighted by atomic mass is 9.46. The molecule has 0 unspecified atom stereocenters. The third-order valence-electron chi connectivity index (χ3n) is 9.63. The molecule has 0 radical (unpaired) electrons. The summed E-state index contributed by atoms with van der Waals surface area (Å²) in [5.74, 6) is -1.53. The molecule has 2 bridgehead atoms. The van der Waals surface area contributed by atoms with Crippen LogP contribution in [0, 0.1) is 10.8 Å². The van der Waals surface area contributed by atoms with Crippen LogP contribution < -0.4 is 10.1 Å². The van der Waals surface area contributed by atoms with Crippen molar-refractivity contribution in [1.82, 2.24) is 5.32 Å². The van der Waals surface area contributed by atoms with Gasteiger partial charge in [0.2, 0.25) is 0 Å². The summed E-state index contributed by atoms with van der Waals surface area (Å²) in [5.41, 5.74) is -4.28. The van der Waals surface area contributed by atoms with Gasteiger partial charge in [-0.2, -0.15) is 0 Å². The van der Waals surface area contributed by atoms with Gasteiger partial charge in [0, 0.05) is 6.42 Å². The molecule has 0 aliphatic carbocycles. The van der Waals surface area contributed by atoms with Crippen LogP contribution in [0.3, 0.4) is 0 Å². The van der Waals surface area contributed by atoms with Crippen LogP contribution in [0.5, 0.6) is 5.75 Å². The lowest BCUT2D eigenvalue weighted by molar-refractivity contribution is -0.185. The molecular formula is C35H35NO8. The molecule has 3 aliphatic rings. The third-order valence-corrected chi connectivity index (χ3v) is 9.63. The first-order chi connectivity index (χ1) is 21.2. The number of hydrogen-bond acceptors (Lipinski definition) is 9. The van der Waals surface area contributed by atoms with Crippen molar-refractivity contribution in [2.24, 2.45) is 10.8 Å². The van der Waals surface area contributed by atoms with E-state index in [0.717, 1.165) is 11.1 Å². The molecule has 9 heteroatoms. The van der Waals surface area contributed by atoms with Gasteiger partial charge < -0.3 is 23.7 Å². The third kappa shape index (κ3) is 3.82. The van der Waals surface area contributed by atoms with Crippen molar-refractivity contribution in [3.8, 4) is 5.75 Å². The van der Waals surface area contributed by atoms with Crippen LogP contribution in [0.15, 0.2) is 97.1 Å². The molecule has 228 valence electrons. The lowest BCUT2D eigenvalue weighted by Gasteiger charge is -2.49. The molecule has 2 saturated heterocycles. The largest absolute Gasteiger partial charge is 0.489 e. The summed E-state index contributed by atoms with van der Waals surface area (Å²) in [7, 11) is 3.76. The second-order valence-electron chi connectivity index (χ2n) is 11.6. The Balaban J connectivity index is 1.49. The van der Waals surface area contributed by atoms with Gasteiger partial charge in [0.05, 0.1) is 33.5 Å². The van der Waals surface area contributed by atoms with E-state index in [-0.39, 0.29) is 6.42 Å². The van der Waals surface area contributed by atoms with Gasteiger partial charge in [0.1, 0.15) is 34.3 Å². The van der Waals surface area contributed by atoms with E-state index in [4.69, 9.17) is 23.7 Å². The Hall–Kier alpha value is -4.47. The van der Waals surface area contributed by atoms with Crippen LogP contribution in [0.4, 0.5) is 0 Å². The standard InChI is InChI=1S/C35H35NO8/c1-32(29(37)40-2)34(30(38)41-3)27-19-20-33(44-27,35(34,31(39)42-4)28(36-32)25-13-9-6-10-14-25)21-23-15-17-26(18-16-23)43-22-24-11-7-5-8-12-24/h5-20,27-28,36H,21-22H2,1-4H3/t27-,28-,32+,33-,34-,35-/m1/s1. The van der Waals surface area contributed by atoms with Crippen LogP contribution in [-0.4, -0.2) is 56.5 Å². The summed E-state index contributed by atoms with van der Waals surface area (Å²) in [4.78, 5) is 42.5. The van der Waals surface area contributed by atoms with Crippen LogP contribution in [0.25, 0.3) is 0 Å². The van der Waals surface area contributed by atoms with Gasteiger partial charge in [-0.15, -0.1) is 0 Å². The van der Waals surface area contributed by atoms with Gasteiger partial charge in [0.15, 0.2) is 0 Å². The van der Waals surface area contributed by atoms with E-state index < -0.39 is 52.0 Å². The highest BCUT2D eigenvalue weighted by Gasteiger charge is 2.93. The molecule has 0 spiro atoms. The molecule has 44 heavy (non-hydrogen) atoms. The summed E-state index contributed by atoms with van der Waals surface area (Å²) in [6.07, 6.45) is 2.75. The Morgan fingerprint density at radius 2 is 1.34 bits per heavy atom. The first-order valence-electron chi connectivity index (χ1n) is 14.4. The Bertz CT molecular complexity index is 1590. The van der Waals surface area contributed by atoms with E-state index in [9.17, 15) is 14.4 Å². The van der Waals surface area contributed by atoms with Crippen molar-refractivity contribution in [2.75, 3.05) is 21.3 Å². The number of methoxy groups -OCH3 is 3. The average Bonchev–Trinajstić information content (AvgIpc) is 3.69. The molecule has 0 amide bonds. The summed E-state index contributed by atoms with van der Waals surface area (Å²) < 4.78 is 29.0. The molecule has 9 nitrogen and oxygen atoms in total. The molecule has 2 fully saturated rings. The highest BCUT2D eigenvalue weighted by molar-refractivity contribution is 6.02. The fourth-order valence-electron chi connectivity index (χ4n) is 7.87. The van der Waals surface area contributed by atoms with Gasteiger partial charge >= 0.3 is 17.9 Å². The number of carbonyl (C=O) groups is 3.